The van der Waals surface area contributed by atoms with Gasteiger partial charge in [0, 0.05) is 53.3 Å². The largest absolute Gasteiger partial charge is 0.313 e. The highest BCUT2D eigenvalue weighted by molar-refractivity contribution is 7.25. The number of benzene rings is 9. The lowest BCUT2D eigenvalue weighted by atomic mass is 9.90. The first kappa shape index (κ1) is 41.6. The van der Waals surface area contributed by atoms with Crippen LogP contribution in [0.15, 0.2) is 243 Å². The molecule has 5 heteroatoms. The highest BCUT2D eigenvalue weighted by atomic mass is 32.1. The molecular weight excluding hydrogens is 857 g/mol. The number of thiophene rings is 1. The minimum atomic E-state index is 0.608. The first-order valence-corrected chi connectivity index (χ1v) is 24.0. The third kappa shape index (κ3) is 7.85. The highest BCUT2D eigenvalue weighted by Crippen LogP contribution is 2.44. The summed E-state index contributed by atoms with van der Waals surface area (Å²) >= 11 is 1.84. The molecule has 0 saturated heterocycles. The molecule has 4 nitrogen and oxygen atoms in total. The Kier molecular flexibility index (Phi) is 10.7. The van der Waals surface area contributed by atoms with Gasteiger partial charge in [0.15, 0.2) is 17.5 Å². The molecule has 9 aromatic carbocycles. The zero-order chi connectivity index (χ0) is 46.3. The van der Waals surface area contributed by atoms with E-state index in [1.54, 1.807) is 0 Å². The van der Waals surface area contributed by atoms with Crippen molar-refractivity contribution < 1.29 is 0 Å². The number of para-hydroxylation sites is 1. The predicted molar refractivity (Wildman–Crippen MR) is 293 cm³/mol. The molecule has 3 aromatic heterocycles. The van der Waals surface area contributed by atoms with Crippen molar-refractivity contribution in [3.8, 4) is 78.7 Å². The van der Waals surface area contributed by atoms with Gasteiger partial charge in [0.25, 0.3) is 0 Å². The maximum atomic E-state index is 5.32. The van der Waals surface area contributed by atoms with Crippen LogP contribution in [0.3, 0.4) is 0 Å². The molecule has 0 aliphatic heterocycles. The lowest BCUT2D eigenvalue weighted by Crippen LogP contribution is -2.01. The average Bonchev–Trinajstić information content (AvgIpc) is 3.95. The van der Waals surface area contributed by atoms with Crippen LogP contribution in [0.4, 0.5) is 0 Å². The Morgan fingerprint density at radius 1 is 0.391 bits per heavy atom. The molecule has 12 rings (SSSR count). The van der Waals surface area contributed by atoms with E-state index in [4.69, 9.17) is 15.0 Å². The number of nitrogens with zero attached hydrogens (tertiary/aromatic N) is 4. The Hall–Kier alpha value is -8.77. The zero-order valence-corrected chi connectivity index (χ0v) is 38.7. The van der Waals surface area contributed by atoms with Crippen LogP contribution in [-0.2, 0) is 0 Å². The maximum absolute atomic E-state index is 5.32. The van der Waals surface area contributed by atoms with Crippen molar-refractivity contribution in [2.45, 2.75) is 6.92 Å². The van der Waals surface area contributed by atoms with Crippen LogP contribution in [0.1, 0.15) is 6.92 Å². The molecule has 0 spiro atoms. The summed E-state index contributed by atoms with van der Waals surface area (Å²) in [5, 5.41) is 4.92. The van der Waals surface area contributed by atoms with Gasteiger partial charge in [0.1, 0.15) is 0 Å². The molecule has 0 fully saturated rings. The first-order chi connectivity index (χ1) is 34.1. The van der Waals surface area contributed by atoms with Crippen molar-refractivity contribution in [2.24, 2.45) is 0 Å². The van der Waals surface area contributed by atoms with Crippen molar-refractivity contribution in [3.05, 3.63) is 243 Å². The molecule has 0 saturated carbocycles. The van der Waals surface area contributed by atoms with Crippen LogP contribution in [0.2, 0.25) is 0 Å². The Balaban J connectivity index is 1.09. The molecule has 0 bridgehead atoms. The summed E-state index contributed by atoms with van der Waals surface area (Å²) in [4.78, 5) is 15.7. The topological polar surface area (TPSA) is 43.6 Å². The summed E-state index contributed by atoms with van der Waals surface area (Å²) in [6.07, 6.45) is 7.98. The summed E-state index contributed by atoms with van der Waals surface area (Å²) in [6, 6.07) is 75.7. The second kappa shape index (κ2) is 17.8. The maximum Gasteiger partial charge on any atom is 0.164 e. The normalized spacial score (nSPS) is 11.9. The minimum absolute atomic E-state index is 0.608. The van der Waals surface area contributed by atoms with Crippen LogP contribution in [0, 0.1) is 0 Å². The third-order valence-electron chi connectivity index (χ3n) is 13.0. The fourth-order valence-corrected chi connectivity index (χ4v) is 10.7. The number of rotatable bonds is 10. The molecule has 0 aliphatic rings. The molecule has 0 amide bonds. The quantitative estimate of drug-likeness (QED) is 0.128. The predicted octanol–water partition coefficient (Wildman–Crippen LogP) is 17.6. The van der Waals surface area contributed by atoms with E-state index < -0.39 is 0 Å². The van der Waals surface area contributed by atoms with Crippen molar-refractivity contribution in [1.82, 2.24) is 19.5 Å². The van der Waals surface area contributed by atoms with E-state index in [1.807, 2.05) is 59.9 Å². The van der Waals surface area contributed by atoms with Gasteiger partial charge < -0.3 is 4.57 Å². The van der Waals surface area contributed by atoms with E-state index in [0.717, 1.165) is 66.9 Å². The van der Waals surface area contributed by atoms with Gasteiger partial charge in [-0.05, 0) is 112 Å². The minimum Gasteiger partial charge on any atom is -0.313 e. The van der Waals surface area contributed by atoms with Crippen LogP contribution in [-0.4, -0.2) is 19.5 Å². The number of allylic oxidation sites excluding steroid dienone is 5. The fourth-order valence-electron chi connectivity index (χ4n) is 9.61. The third-order valence-corrected chi connectivity index (χ3v) is 14.1. The second-order valence-electron chi connectivity index (χ2n) is 17.3. The van der Waals surface area contributed by atoms with Crippen LogP contribution >= 0.6 is 11.3 Å². The first-order valence-electron chi connectivity index (χ1n) is 23.2. The van der Waals surface area contributed by atoms with Gasteiger partial charge in [0.05, 0.1) is 11.0 Å². The Labute approximate surface area is 405 Å². The molecule has 0 radical (unpaired) electrons. The zero-order valence-electron chi connectivity index (χ0n) is 37.9. The average molecular weight is 901 g/mol. The molecule has 326 valence electrons. The van der Waals surface area contributed by atoms with Gasteiger partial charge in [0.2, 0.25) is 0 Å². The Morgan fingerprint density at radius 3 is 1.55 bits per heavy atom. The van der Waals surface area contributed by atoms with E-state index in [1.165, 1.54) is 42.0 Å². The number of fused-ring (bicyclic) bond motifs is 6. The van der Waals surface area contributed by atoms with E-state index in [-0.39, 0.29) is 0 Å². The van der Waals surface area contributed by atoms with E-state index >= 15 is 0 Å². The smallest absolute Gasteiger partial charge is 0.164 e. The van der Waals surface area contributed by atoms with Gasteiger partial charge in [-0.2, -0.15) is 0 Å². The van der Waals surface area contributed by atoms with Crippen molar-refractivity contribution in [3.63, 3.8) is 0 Å². The van der Waals surface area contributed by atoms with Gasteiger partial charge >= 0.3 is 0 Å². The van der Waals surface area contributed by atoms with Crippen LogP contribution in [0.25, 0.3) is 126 Å². The molecule has 0 atom stereocenters. The fraction of sp³-hybridized carbons (Fsp3) is 0.0156. The number of hydrogen-bond donors (Lipinski definition) is 0. The molecule has 0 unspecified atom stereocenters. The standard InChI is InChI=1S/C64H44N4S/c1-3-4-9-20-42(2)68-58-30-19-18-29-53(58)54-41-61-56(40-59(54)68)55-39-48(32-34-60(55)69-61)52-33-31-47(51-36-49(43-21-10-5-11-22-43)35-50(37-51)44-23-12-6-13-24-44)38-57(52)64-66-62(45-25-14-7-15-26-45)65-63(67-64)46-27-16-8-17-28-46/h3-41H,1H2,2H3/b9-4-,42-20+. The highest BCUT2D eigenvalue weighted by Gasteiger charge is 2.20. The lowest BCUT2D eigenvalue weighted by molar-refractivity contribution is 1.07. The summed E-state index contributed by atoms with van der Waals surface area (Å²) in [7, 11) is 0. The Morgan fingerprint density at radius 2 is 0.928 bits per heavy atom. The van der Waals surface area contributed by atoms with E-state index in [9.17, 15) is 0 Å². The number of hydrogen-bond acceptors (Lipinski definition) is 4. The summed E-state index contributed by atoms with van der Waals surface area (Å²) in [5.41, 5.74) is 15.2. The summed E-state index contributed by atoms with van der Waals surface area (Å²) < 4.78 is 4.87. The van der Waals surface area contributed by atoms with E-state index in [0.29, 0.717) is 17.5 Å². The molecule has 69 heavy (non-hydrogen) atoms. The summed E-state index contributed by atoms with van der Waals surface area (Å²) in [6.45, 7) is 6.05. The van der Waals surface area contributed by atoms with Gasteiger partial charge in [-0.1, -0.05) is 183 Å². The van der Waals surface area contributed by atoms with Gasteiger partial charge in [-0.25, -0.2) is 15.0 Å². The van der Waals surface area contributed by atoms with Crippen molar-refractivity contribution >= 4 is 59.0 Å². The molecule has 12 aromatic rings. The summed E-state index contributed by atoms with van der Waals surface area (Å²) in [5.74, 6) is 1.85. The van der Waals surface area contributed by atoms with Crippen molar-refractivity contribution in [1.29, 1.82) is 0 Å². The van der Waals surface area contributed by atoms with Crippen LogP contribution < -0.4 is 0 Å². The van der Waals surface area contributed by atoms with Crippen LogP contribution in [0.5, 0.6) is 0 Å². The second-order valence-corrected chi connectivity index (χ2v) is 18.4. The van der Waals surface area contributed by atoms with E-state index in [2.05, 4.69) is 206 Å². The monoisotopic (exact) mass is 900 g/mol. The SMILES string of the molecule is C=C/C=C\C=C(/C)n1c2ccccc2c2cc3sc4ccc(-c5ccc(-c6cc(-c7ccccc7)cc(-c7ccccc7)c6)cc5-c5nc(-c6ccccc6)nc(-c6ccccc6)n5)cc4c3cc21. The van der Waals surface area contributed by atoms with Crippen molar-refractivity contribution in [2.75, 3.05) is 0 Å². The van der Waals surface area contributed by atoms with Gasteiger partial charge in [-0.3, -0.25) is 0 Å². The lowest BCUT2D eigenvalue weighted by Gasteiger charge is -2.16. The Bertz CT molecular complexity index is 3840. The molecule has 0 N–H and O–H groups in total. The van der Waals surface area contributed by atoms with Gasteiger partial charge in [-0.15, -0.1) is 11.3 Å². The number of aromatic nitrogens is 4. The molecule has 3 heterocycles. The molecule has 0 aliphatic carbocycles. The molecular formula is C64H44N4S.